The van der Waals surface area contributed by atoms with Crippen molar-refractivity contribution >= 4 is 51.3 Å². The van der Waals surface area contributed by atoms with Crippen molar-refractivity contribution in [1.82, 2.24) is 4.90 Å². The lowest BCUT2D eigenvalue weighted by molar-refractivity contribution is 0.277. The number of nitrogens with zero attached hydrogens (tertiary/aromatic N) is 2. The van der Waals surface area contributed by atoms with E-state index in [2.05, 4.69) is 16.8 Å². The summed E-state index contributed by atoms with van der Waals surface area (Å²) in [6.07, 6.45) is 2.26. The monoisotopic (exact) mass is 444 g/mol. The van der Waals surface area contributed by atoms with Crippen LogP contribution in [0.2, 0.25) is 0 Å². The Balaban J connectivity index is 0.00000220. The SMILES string of the molecule is CC1CCN(C(N)=NCc2ccc(S(N)(=O)=O)s2)CC1.I. The molecule has 2 heterocycles. The highest BCUT2D eigenvalue weighted by Crippen LogP contribution is 2.21. The largest absolute Gasteiger partial charge is 0.370 e. The minimum atomic E-state index is -3.62. The second-order valence-corrected chi connectivity index (χ2v) is 8.07. The predicted molar refractivity (Wildman–Crippen MR) is 96.4 cm³/mol. The van der Waals surface area contributed by atoms with Gasteiger partial charge in [0.2, 0.25) is 10.0 Å². The van der Waals surface area contributed by atoms with E-state index in [9.17, 15) is 8.42 Å². The number of sulfonamides is 1. The van der Waals surface area contributed by atoms with Crippen LogP contribution in [0.15, 0.2) is 21.3 Å². The van der Waals surface area contributed by atoms with Crippen LogP contribution in [0, 0.1) is 5.92 Å². The highest BCUT2D eigenvalue weighted by Gasteiger charge is 2.17. The lowest BCUT2D eigenvalue weighted by Crippen LogP contribution is -2.42. The van der Waals surface area contributed by atoms with Gasteiger partial charge in [-0.05, 0) is 30.9 Å². The van der Waals surface area contributed by atoms with Gasteiger partial charge in [0.1, 0.15) is 4.21 Å². The minimum Gasteiger partial charge on any atom is -0.370 e. The van der Waals surface area contributed by atoms with E-state index in [4.69, 9.17) is 10.9 Å². The van der Waals surface area contributed by atoms with E-state index < -0.39 is 10.0 Å². The molecule has 0 radical (unpaired) electrons. The number of hydrogen-bond acceptors (Lipinski definition) is 4. The summed E-state index contributed by atoms with van der Waals surface area (Å²) in [7, 11) is -3.62. The van der Waals surface area contributed by atoms with Gasteiger partial charge in [-0.3, -0.25) is 0 Å². The summed E-state index contributed by atoms with van der Waals surface area (Å²) < 4.78 is 22.5. The zero-order chi connectivity index (χ0) is 14.8. The summed E-state index contributed by atoms with van der Waals surface area (Å²) in [6, 6.07) is 3.23. The summed E-state index contributed by atoms with van der Waals surface area (Å²) >= 11 is 1.13. The number of hydrogen-bond donors (Lipinski definition) is 2. The zero-order valence-corrected chi connectivity index (χ0v) is 15.8. The van der Waals surface area contributed by atoms with Gasteiger partial charge in [-0.2, -0.15) is 0 Å². The molecule has 0 bridgehead atoms. The van der Waals surface area contributed by atoms with Crippen molar-refractivity contribution in [2.24, 2.45) is 21.8 Å². The van der Waals surface area contributed by atoms with Gasteiger partial charge in [0.15, 0.2) is 5.96 Å². The van der Waals surface area contributed by atoms with Gasteiger partial charge in [0, 0.05) is 18.0 Å². The van der Waals surface area contributed by atoms with E-state index in [1.54, 1.807) is 6.07 Å². The van der Waals surface area contributed by atoms with Crippen LogP contribution in [0.3, 0.4) is 0 Å². The van der Waals surface area contributed by atoms with Crippen LogP contribution in [0.5, 0.6) is 0 Å². The van der Waals surface area contributed by atoms with Crippen molar-refractivity contribution in [3.8, 4) is 0 Å². The summed E-state index contributed by atoms with van der Waals surface area (Å²) in [5.41, 5.74) is 5.97. The normalized spacial score (nSPS) is 17.6. The van der Waals surface area contributed by atoms with Crippen molar-refractivity contribution in [1.29, 1.82) is 0 Å². The highest BCUT2D eigenvalue weighted by atomic mass is 127. The van der Waals surface area contributed by atoms with Crippen molar-refractivity contribution in [2.75, 3.05) is 13.1 Å². The molecule has 9 heteroatoms. The summed E-state index contributed by atoms with van der Waals surface area (Å²) in [4.78, 5) is 7.25. The number of aliphatic imine (C=N–C) groups is 1. The molecule has 1 aliphatic heterocycles. The second kappa shape index (κ2) is 7.75. The van der Waals surface area contributed by atoms with Crippen LogP contribution in [0.25, 0.3) is 0 Å². The first-order valence-corrected chi connectivity index (χ1v) is 8.89. The van der Waals surface area contributed by atoms with E-state index in [0.717, 1.165) is 48.1 Å². The Labute approximate surface area is 146 Å². The first kappa shape index (κ1) is 18.7. The average Bonchev–Trinajstić information content (AvgIpc) is 2.85. The number of piperidine rings is 1. The fraction of sp³-hybridized carbons (Fsp3) is 0.583. The Morgan fingerprint density at radius 2 is 2.05 bits per heavy atom. The van der Waals surface area contributed by atoms with Gasteiger partial charge in [0.05, 0.1) is 6.54 Å². The first-order chi connectivity index (χ1) is 9.36. The Hall–Kier alpha value is -0.390. The molecule has 120 valence electrons. The van der Waals surface area contributed by atoms with E-state index >= 15 is 0 Å². The van der Waals surface area contributed by atoms with Gasteiger partial charge in [-0.1, -0.05) is 6.92 Å². The third kappa shape index (κ3) is 5.38. The molecule has 6 nitrogen and oxygen atoms in total. The van der Waals surface area contributed by atoms with Crippen LogP contribution in [-0.4, -0.2) is 32.4 Å². The number of primary sulfonamides is 1. The highest BCUT2D eigenvalue weighted by molar-refractivity contribution is 14.0. The Morgan fingerprint density at radius 3 is 2.57 bits per heavy atom. The molecule has 0 aromatic carbocycles. The maximum Gasteiger partial charge on any atom is 0.247 e. The molecule has 1 aromatic heterocycles. The number of likely N-dealkylation sites (tertiary alicyclic amines) is 1. The first-order valence-electron chi connectivity index (χ1n) is 6.52. The van der Waals surface area contributed by atoms with E-state index in [1.165, 1.54) is 6.07 Å². The van der Waals surface area contributed by atoms with Crippen molar-refractivity contribution in [3.63, 3.8) is 0 Å². The molecule has 1 aromatic rings. The van der Waals surface area contributed by atoms with E-state index in [0.29, 0.717) is 12.5 Å². The minimum absolute atomic E-state index is 0. The molecule has 0 unspecified atom stereocenters. The number of halogens is 1. The van der Waals surface area contributed by atoms with Gasteiger partial charge < -0.3 is 10.6 Å². The average molecular weight is 444 g/mol. The molecule has 1 fully saturated rings. The van der Waals surface area contributed by atoms with Gasteiger partial charge >= 0.3 is 0 Å². The van der Waals surface area contributed by atoms with E-state index in [1.807, 2.05) is 0 Å². The fourth-order valence-electron chi connectivity index (χ4n) is 2.09. The number of guanidine groups is 1. The van der Waals surface area contributed by atoms with Crippen LogP contribution >= 0.6 is 35.3 Å². The third-order valence-corrected chi connectivity index (χ3v) is 5.93. The molecule has 1 aliphatic rings. The molecule has 1 saturated heterocycles. The molecule has 0 amide bonds. The standard InChI is InChI=1S/C12H20N4O2S2.HI/c1-9-4-6-16(7-5-9)12(13)15-8-10-2-3-11(19-10)20(14,17)18;/h2-3,9H,4-8H2,1H3,(H2,13,15)(H2,14,17,18);1H. The Bertz CT molecular complexity index is 592. The number of thiophene rings is 1. The number of rotatable bonds is 3. The lowest BCUT2D eigenvalue weighted by atomic mass is 10.00. The van der Waals surface area contributed by atoms with Crippen molar-refractivity contribution in [2.45, 2.75) is 30.5 Å². The Kier molecular flexibility index (Phi) is 6.88. The summed E-state index contributed by atoms with van der Waals surface area (Å²) in [5, 5.41) is 5.07. The molecule has 21 heavy (non-hydrogen) atoms. The molecular weight excluding hydrogens is 423 g/mol. The summed E-state index contributed by atoms with van der Waals surface area (Å²) in [6.45, 7) is 4.50. The smallest absolute Gasteiger partial charge is 0.247 e. The summed E-state index contributed by atoms with van der Waals surface area (Å²) in [5.74, 6) is 1.27. The van der Waals surface area contributed by atoms with Crippen LogP contribution in [-0.2, 0) is 16.6 Å². The quantitative estimate of drug-likeness (QED) is 0.420. The fourth-order valence-corrected chi connectivity index (χ4v) is 3.80. The third-order valence-electron chi connectivity index (χ3n) is 3.42. The lowest BCUT2D eigenvalue weighted by Gasteiger charge is -2.30. The molecule has 0 saturated carbocycles. The van der Waals surface area contributed by atoms with Crippen LogP contribution in [0.4, 0.5) is 0 Å². The molecule has 0 aliphatic carbocycles. The molecule has 4 N–H and O–H groups in total. The predicted octanol–water partition coefficient (Wildman–Crippen LogP) is 1.56. The zero-order valence-electron chi connectivity index (χ0n) is 11.9. The maximum absolute atomic E-state index is 11.2. The van der Waals surface area contributed by atoms with Gasteiger partial charge in [0.25, 0.3) is 0 Å². The molecule has 0 atom stereocenters. The van der Waals surface area contributed by atoms with Crippen molar-refractivity contribution < 1.29 is 8.42 Å². The Morgan fingerprint density at radius 1 is 1.43 bits per heavy atom. The van der Waals surface area contributed by atoms with Crippen molar-refractivity contribution in [3.05, 3.63) is 17.0 Å². The van der Waals surface area contributed by atoms with Gasteiger partial charge in [-0.15, -0.1) is 35.3 Å². The number of nitrogens with two attached hydrogens (primary N) is 2. The molecule has 2 rings (SSSR count). The van der Waals surface area contributed by atoms with Gasteiger partial charge in [-0.25, -0.2) is 18.5 Å². The molecular formula is C12H21IN4O2S2. The van der Waals surface area contributed by atoms with Crippen LogP contribution in [0.1, 0.15) is 24.6 Å². The second-order valence-electron chi connectivity index (χ2n) is 5.11. The van der Waals surface area contributed by atoms with Crippen LogP contribution < -0.4 is 10.9 Å². The molecule has 0 spiro atoms. The maximum atomic E-state index is 11.2. The topological polar surface area (TPSA) is 102 Å². The van der Waals surface area contributed by atoms with E-state index in [-0.39, 0.29) is 28.2 Å².